The molecule has 1 aliphatic heterocycles. The van der Waals surface area contributed by atoms with Gasteiger partial charge >= 0.3 is 0 Å². The molecule has 0 radical (unpaired) electrons. The summed E-state index contributed by atoms with van der Waals surface area (Å²) in [4.78, 5) is 22.3. The molecule has 134 valence electrons. The average molecular weight is 349 g/mol. The van der Waals surface area contributed by atoms with E-state index < -0.39 is 0 Å². The molecule has 0 saturated carbocycles. The van der Waals surface area contributed by atoms with E-state index in [9.17, 15) is 0 Å². The molecule has 2 N–H and O–H groups in total. The van der Waals surface area contributed by atoms with Crippen molar-refractivity contribution in [2.24, 2.45) is 0 Å². The van der Waals surface area contributed by atoms with Gasteiger partial charge in [-0.25, -0.2) is 15.0 Å². The molecule has 0 aromatic carbocycles. The number of piperazine rings is 1. The van der Waals surface area contributed by atoms with Crippen molar-refractivity contribution < 1.29 is 0 Å². The van der Waals surface area contributed by atoms with Gasteiger partial charge in [-0.05, 0) is 32.0 Å². The monoisotopic (exact) mass is 349 g/mol. The highest BCUT2D eigenvalue weighted by atomic mass is 15.3. The standard InChI is InChI=1S/C19H23N7/c1-13(2)25-5-7-26(8-6-25)18-4-3-14(10-22-18)16-9-17-15(11-21-16)12-23-19(20)24-17/h3-4,9-13H,5-8H2,1-2H3,(H2,20,23,24). The van der Waals surface area contributed by atoms with Crippen molar-refractivity contribution in [2.75, 3.05) is 36.8 Å². The Hall–Kier alpha value is -2.80. The van der Waals surface area contributed by atoms with Crippen LogP contribution < -0.4 is 10.6 Å². The highest BCUT2D eigenvalue weighted by Crippen LogP contribution is 2.23. The summed E-state index contributed by atoms with van der Waals surface area (Å²) in [6.45, 7) is 8.67. The molecule has 0 bridgehead atoms. The number of pyridine rings is 2. The first kappa shape index (κ1) is 16.7. The molecule has 0 aliphatic carbocycles. The van der Waals surface area contributed by atoms with Crippen LogP contribution in [-0.2, 0) is 0 Å². The third-order valence-electron chi connectivity index (χ3n) is 4.90. The van der Waals surface area contributed by atoms with Crippen molar-refractivity contribution >= 4 is 22.7 Å². The summed E-state index contributed by atoms with van der Waals surface area (Å²) < 4.78 is 0. The summed E-state index contributed by atoms with van der Waals surface area (Å²) in [6, 6.07) is 6.66. The van der Waals surface area contributed by atoms with E-state index in [1.165, 1.54) is 0 Å². The lowest BCUT2D eigenvalue weighted by Gasteiger charge is -2.37. The topological polar surface area (TPSA) is 84.1 Å². The van der Waals surface area contributed by atoms with E-state index >= 15 is 0 Å². The van der Waals surface area contributed by atoms with Gasteiger partial charge in [0, 0.05) is 61.8 Å². The van der Waals surface area contributed by atoms with Gasteiger partial charge in [-0.1, -0.05) is 0 Å². The highest BCUT2D eigenvalue weighted by molar-refractivity contribution is 5.81. The molecule has 1 saturated heterocycles. The lowest BCUT2D eigenvalue weighted by atomic mass is 10.1. The van der Waals surface area contributed by atoms with Crippen molar-refractivity contribution in [3.8, 4) is 11.3 Å². The van der Waals surface area contributed by atoms with Crippen molar-refractivity contribution in [3.63, 3.8) is 0 Å². The smallest absolute Gasteiger partial charge is 0.220 e. The molecule has 7 heteroatoms. The molecule has 4 rings (SSSR count). The fourth-order valence-electron chi connectivity index (χ4n) is 3.29. The maximum atomic E-state index is 5.68. The van der Waals surface area contributed by atoms with E-state index in [1.54, 1.807) is 12.4 Å². The second-order valence-corrected chi connectivity index (χ2v) is 6.88. The number of hydrogen-bond acceptors (Lipinski definition) is 7. The normalized spacial score (nSPS) is 15.7. The summed E-state index contributed by atoms with van der Waals surface area (Å²) in [5.74, 6) is 1.29. The Kier molecular flexibility index (Phi) is 4.38. The van der Waals surface area contributed by atoms with E-state index in [4.69, 9.17) is 5.73 Å². The number of rotatable bonds is 3. The molecule has 0 spiro atoms. The van der Waals surface area contributed by atoms with Crippen LogP contribution in [0.3, 0.4) is 0 Å². The highest BCUT2D eigenvalue weighted by Gasteiger charge is 2.19. The lowest BCUT2D eigenvalue weighted by Crippen LogP contribution is -2.49. The quantitative estimate of drug-likeness (QED) is 0.776. The zero-order chi connectivity index (χ0) is 18.1. The predicted molar refractivity (Wildman–Crippen MR) is 104 cm³/mol. The van der Waals surface area contributed by atoms with Crippen LogP contribution in [-0.4, -0.2) is 57.1 Å². The second-order valence-electron chi connectivity index (χ2n) is 6.88. The molecule has 7 nitrogen and oxygen atoms in total. The number of nitrogens with two attached hydrogens (primary N) is 1. The Morgan fingerprint density at radius 3 is 2.42 bits per heavy atom. The van der Waals surface area contributed by atoms with Crippen LogP contribution in [0.15, 0.2) is 36.8 Å². The SMILES string of the molecule is CC(C)N1CCN(c2ccc(-c3cc4nc(N)ncc4cn3)cn2)CC1. The van der Waals surface area contributed by atoms with E-state index in [0.717, 1.165) is 54.2 Å². The largest absolute Gasteiger partial charge is 0.368 e. The molecule has 1 aliphatic rings. The Morgan fingerprint density at radius 2 is 1.73 bits per heavy atom. The molecule has 3 aromatic heterocycles. The van der Waals surface area contributed by atoms with E-state index in [0.29, 0.717) is 6.04 Å². The predicted octanol–water partition coefficient (Wildman–Crippen LogP) is 2.20. The summed E-state index contributed by atoms with van der Waals surface area (Å²) in [5, 5.41) is 0.871. The van der Waals surface area contributed by atoms with Gasteiger partial charge in [-0.15, -0.1) is 0 Å². The third kappa shape index (κ3) is 3.30. The van der Waals surface area contributed by atoms with E-state index in [1.807, 2.05) is 12.3 Å². The fourth-order valence-corrected chi connectivity index (χ4v) is 3.29. The number of nitrogen functional groups attached to an aromatic ring is 1. The van der Waals surface area contributed by atoms with Crippen molar-refractivity contribution in [1.82, 2.24) is 24.8 Å². The molecule has 0 amide bonds. The minimum atomic E-state index is 0.267. The molecule has 4 heterocycles. The zero-order valence-corrected chi connectivity index (χ0v) is 15.1. The Balaban J connectivity index is 1.53. The minimum absolute atomic E-state index is 0.267. The molecule has 0 atom stereocenters. The van der Waals surface area contributed by atoms with Crippen LogP contribution in [0.1, 0.15) is 13.8 Å². The first-order valence-corrected chi connectivity index (χ1v) is 8.94. The summed E-state index contributed by atoms with van der Waals surface area (Å²) in [6.07, 6.45) is 5.33. The second kappa shape index (κ2) is 6.84. The van der Waals surface area contributed by atoms with E-state index in [2.05, 4.69) is 55.7 Å². The first-order chi connectivity index (χ1) is 12.6. The Morgan fingerprint density at radius 1 is 0.962 bits per heavy atom. The lowest BCUT2D eigenvalue weighted by molar-refractivity contribution is 0.209. The maximum Gasteiger partial charge on any atom is 0.220 e. The minimum Gasteiger partial charge on any atom is -0.368 e. The van der Waals surface area contributed by atoms with Crippen LogP contribution in [0.5, 0.6) is 0 Å². The van der Waals surface area contributed by atoms with Crippen molar-refractivity contribution in [1.29, 1.82) is 0 Å². The Bertz CT molecular complexity index is 899. The zero-order valence-electron chi connectivity index (χ0n) is 15.1. The van der Waals surface area contributed by atoms with Gasteiger partial charge in [0.25, 0.3) is 0 Å². The summed E-state index contributed by atoms with van der Waals surface area (Å²) in [7, 11) is 0. The van der Waals surface area contributed by atoms with Crippen LogP contribution in [0.4, 0.5) is 11.8 Å². The van der Waals surface area contributed by atoms with Gasteiger partial charge < -0.3 is 10.6 Å². The number of fused-ring (bicyclic) bond motifs is 1. The maximum absolute atomic E-state index is 5.68. The summed E-state index contributed by atoms with van der Waals surface area (Å²) >= 11 is 0. The number of anilines is 2. The third-order valence-corrected chi connectivity index (χ3v) is 4.90. The summed E-state index contributed by atoms with van der Waals surface area (Å²) in [5.41, 5.74) is 8.27. The average Bonchev–Trinajstić information content (AvgIpc) is 2.67. The first-order valence-electron chi connectivity index (χ1n) is 8.94. The molecule has 1 fully saturated rings. The molecule has 3 aromatic rings. The fraction of sp³-hybridized carbons (Fsp3) is 0.368. The number of nitrogens with zero attached hydrogens (tertiary/aromatic N) is 6. The van der Waals surface area contributed by atoms with Gasteiger partial charge in [-0.3, -0.25) is 9.88 Å². The number of aromatic nitrogens is 4. The van der Waals surface area contributed by atoms with Crippen molar-refractivity contribution in [2.45, 2.75) is 19.9 Å². The molecular weight excluding hydrogens is 326 g/mol. The number of hydrogen-bond donors (Lipinski definition) is 1. The van der Waals surface area contributed by atoms with Crippen molar-refractivity contribution in [3.05, 3.63) is 36.8 Å². The molecular formula is C19H23N7. The van der Waals surface area contributed by atoms with Crippen LogP contribution in [0.25, 0.3) is 22.2 Å². The van der Waals surface area contributed by atoms with E-state index in [-0.39, 0.29) is 5.95 Å². The van der Waals surface area contributed by atoms with Gasteiger partial charge in [0.1, 0.15) is 5.82 Å². The molecule has 0 unspecified atom stereocenters. The van der Waals surface area contributed by atoms with Crippen LogP contribution in [0.2, 0.25) is 0 Å². The van der Waals surface area contributed by atoms with Crippen LogP contribution in [0, 0.1) is 0 Å². The van der Waals surface area contributed by atoms with Crippen LogP contribution >= 0.6 is 0 Å². The van der Waals surface area contributed by atoms with Gasteiger partial charge in [0.2, 0.25) is 5.95 Å². The van der Waals surface area contributed by atoms with Gasteiger partial charge in [0.05, 0.1) is 11.2 Å². The van der Waals surface area contributed by atoms with Gasteiger partial charge in [0.15, 0.2) is 0 Å². The Labute approximate surface area is 152 Å². The molecule has 26 heavy (non-hydrogen) atoms. The van der Waals surface area contributed by atoms with Gasteiger partial charge in [-0.2, -0.15) is 0 Å².